The molecule has 3 N–H and O–H groups in total. The number of anilines is 1. The zero-order valence-electron chi connectivity index (χ0n) is 20.1. The maximum absolute atomic E-state index is 14.1. The van der Waals surface area contributed by atoms with E-state index < -0.39 is 29.9 Å². The summed E-state index contributed by atoms with van der Waals surface area (Å²) in [5, 5.41) is 14.4. The number of carboxylic acids is 1. The first-order valence-electron chi connectivity index (χ1n) is 11.0. The zero-order valence-corrected chi connectivity index (χ0v) is 20.1. The minimum Gasteiger partial charge on any atom is -0.478 e. The lowest BCUT2D eigenvalue weighted by molar-refractivity contribution is -0.141. The van der Waals surface area contributed by atoms with Crippen LogP contribution in [0.15, 0.2) is 54.6 Å². The van der Waals surface area contributed by atoms with Crippen LogP contribution in [0.4, 0.5) is 18.9 Å². The van der Waals surface area contributed by atoms with Crippen LogP contribution < -0.4 is 10.6 Å². The van der Waals surface area contributed by atoms with Gasteiger partial charge in [0.15, 0.2) is 0 Å². The predicted molar refractivity (Wildman–Crippen MR) is 130 cm³/mol. The number of alkyl halides is 3. The van der Waals surface area contributed by atoms with Crippen LogP contribution in [0.25, 0.3) is 0 Å². The molecule has 36 heavy (non-hydrogen) atoms. The number of halogens is 3. The lowest BCUT2D eigenvalue weighted by Gasteiger charge is -2.23. The Morgan fingerprint density at radius 2 is 1.39 bits per heavy atom. The summed E-state index contributed by atoms with van der Waals surface area (Å²) in [6.45, 7) is 5.12. The molecule has 0 bridgehead atoms. The highest BCUT2D eigenvalue weighted by molar-refractivity contribution is 6.12. The van der Waals surface area contributed by atoms with Gasteiger partial charge in [-0.15, -0.1) is 0 Å². The Balaban J connectivity index is 1.97. The molecule has 0 aliphatic heterocycles. The summed E-state index contributed by atoms with van der Waals surface area (Å²) in [7, 11) is 1.39. The Morgan fingerprint density at radius 1 is 0.778 bits per heavy atom. The summed E-state index contributed by atoms with van der Waals surface area (Å²) in [5.41, 5.74) is 1.83. The highest BCUT2D eigenvalue weighted by Crippen LogP contribution is 2.41. The second-order valence-corrected chi connectivity index (χ2v) is 8.49. The van der Waals surface area contributed by atoms with Gasteiger partial charge in [0, 0.05) is 18.3 Å². The van der Waals surface area contributed by atoms with Gasteiger partial charge < -0.3 is 15.7 Å². The molecule has 0 aliphatic rings. The molecule has 0 saturated heterocycles. The number of carbonyl (C=O) groups excluding carboxylic acids is 2. The van der Waals surface area contributed by atoms with Crippen molar-refractivity contribution in [1.82, 2.24) is 5.32 Å². The van der Waals surface area contributed by atoms with Gasteiger partial charge in [0.25, 0.3) is 11.8 Å². The number of hydrogen-bond acceptors (Lipinski definition) is 3. The Morgan fingerprint density at radius 3 is 1.92 bits per heavy atom. The molecule has 3 aromatic rings. The SMILES string of the molecule is CNC(=O)c1ccc(C(=O)O)c(C(=O)Nc2ccc(C(c3ccc(C)c(C)c3)C(F)(F)F)cc2C)c1. The predicted octanol–water partition coefficient (Wildman–Crippen LogP) is 5.62. The van der Waals surface area contributed by atoms with E-state index in [4.69, 9.17) is 0 Å². The van der Waals surface area contributed by atoms with Crippen LogP contribution in [0.1, 0.15) is 64.8 Å². The van der Waals surface area contributed by atoms with Gasteiger partial charge in [-0.1, -0.05) is 30.3 Å². The van der Waals surface area contributed by atoms with Crippen LogP contribution in [0.5, 0.6) is 0 Å². The topological polar surface area (TPSA) is 95.5 Å². The molecule has 0 spiro atoms. The van der Waals surface area contributed by atoms with E-state index in [-0.39, 0.29) is 33.5 Å². The third kappa shape index (κ3) is 5.56. The van der Waals surface area contributed by atoms with E-state index in [1.807, 2.05) is 6.92 Å². The molecule has 0 fully saturated rings. The van der Waals surface area contributed by atoms with Crippen molar-refractivity contribution in [2.45, 2.75) is 32.9 Å². The van der Waals surface area contributed by atoms with Gasteiger partial charge in [0.1, 0.15) is 5.92 Å². The van der Waals surface area contributed by atoms with Crippen molar-refractivity contribution in [3.05, 3.63) is 99.1 Å². The number of aryl methyl sites for hydroxylation is 3. The molecular formula is C27H25F3N2O4. The van der Waals surface area contributed by atoms with Gasteiger partial charge in [-0.25, -0.2) is 4.79 Å². The van der Waals surface area contributed by atoms with Crippen molar-refractivity contribution in [3.8, 4) is 0 Å². The molecule has 3 rings (SSSR count). The second kappa shape index (κ2) is 10.2. The first-order valence-corrected chi connectivity index (χ1v) is 11.0. The molecule has 0 radical (unpaired) electrons. The summed E-state index contributed by atoms with van der Waals surface area (Å²) < 4.78 is 42.2. The average Bonchev–Trinajstić information content (AvgIpc) is 2.81. The van der Waals surface area contributed by atoms with Crippen molar-refractivity contribution in [2.24, 2.45) is 0 Å². The molecule has 1 unspecified atom stereocenters. The molecule has 188 valence electrons. The van der Waals surface area contributed by atoms with E-state index in [9.17, 15) is 32.7 Å². The van der Waals surface area contributed by atoms with Crippen molar-refractivity contribution in [2.75, 3.05) is 12.4 Å². The standard InChI is InChI=1S/C27H25F3N2O4/c1-14-5-6-17(11-15(14)2)23(27(28,29)30)18-8-10-22(16(3)12-18)32-25(34)21-13-19(24(33)31-4)7-9-20(21)26(35)36/h5-13,23H,1-4H3,(H,31,33)(H,32,34)(H,35,36). The number of benzene rings is 3. The van der Waals surface area contributed by atoms with Crippen molar-refractivity contribution < 1.29 is 32.7 Å². The fraction of sp³-hybridized carbons (Fsp3) is 0.222. The molecule has 0 heterocycles. The summed E-state index contributed by atoms with van der Waals surface area (Å²) in [5.74, 6) is -4.54. The lowest BCUT2D eigenvalue weighted by atomic mass is 9.88. The Labute approximate surface area is 206 Å². The fourth-order valence-corrected chi connectivity index (χ4v) is 3.92. The van der Waals surface area contributed by atoms with Gasteiger partial charge in [-0.3, -0.25) is 9.59 Å². The van der Waals surface area contributed by atoms with Gasteiger partial charge in [-0.05, 0) is 72.9 Å². The van der Waals surface area contributed by atoms with Crippen LogP contribution in [-0.2, 0) is 0 Å². The van der Waals surface area contributed by atoms with Gasteiger partial charge in [-0.2, -0.15) is 13.2 Å². The third-order valence-corrected chi connectivity index (χ3v) is 6.01. The number of hydrogen-bond donors (Lipinski definition) is 3. The van der Waals surface area contributed by atoms with Crippen molar-refractivity contribution in [3.63, 3.8) is 0 Å². The van der Waals surface area contributed by atoms with Crippen molar-refractivity contribution >= 4 is 23.5 Å². The van der Waals surface area contributed by atoms with E-state index in [0.29, 0.717) is 5.56 Å². The Bertz CT molecular complexity index is 1350. The average molecular weight is 499 g/mol. The quantitative estimate of drug-likeness (QED) is 0.411. The monoisotopic (exact) mass is 498 g/mol. The highest BCUT2D eigenvalue weighted by Gasteiger charge is 2.42. The van der Waals surface area contributed by atoms with Crippen LogP contribution in [-0.4, -0.2) is 36.1 Å². The molecular weight excluding hydrogens is 473 g/mol. The van der Waals surface area contributed by atoms with Crippen LogP contribution in [0.2, 0.25) is 0 Å². The van der Waals surface area contributed by atoms with Gasteiger partial charge >= 0.3 is 12.1 Å². The third-order valence-electron chi connectivity index (χ3n) is 6.01. The zero-order chi connectivity index (χ0) is 26.8. The van der Waals surface area contributed by atoms with E-state index >= 15 is 0 Å². The first kappa shape index (κ1) is 26.5. The summed E-state index contributed by atoms with van der Waals surface area (Å²) in [6, 6.07) is 12.2. The van der Waals surface area contributed by atoms with E-state index in [1.165, 1.54) is 43.4 Å². The van der Waals surface area contributed by atoms with Crippen LogP contribution in [0.3, 0.4) is 0 Å². The first-order chi connectivity index (χ1) is 16.8. The molecule has 9 heteroatoms. The highest BCUT2D eigenvalue weighted by atomic mass is 19.4. The smallest absolute Gasteiger partial charge is 0.399 e. The van der Waals surface area contributed by atoms with E-state index in [0.717, 1.165) is 23.3 Å². The largest absolute Gasteiger partial charge is 0.478 e. The molecule has 2 amide bonds. The molecule has 0 saturated carbocycles. The second-order valence-electron chi connectivity index (χ2n) is 8.49. The molecule has 6 nitrogen and oxygen atoms in total. The van der Waals surface area contributed by atoms with Crippen molar-refractivity contribution in [1.29, 1.82) is 0 Å². The maximum atomic E-state index is 14.1. The minimum atomic E-state index is -4.55. The number of carboxylic acid groups (broad SMARTS) is 1. The van der Waals surface area contributed by atoms with Crippen LogP contribution >= 0.6 is 0 Å². The number of rotatable bonds is 6. The molecule has 1 atom stereocenters. The molecule has 0 aromatic heterocycles. The Kier molecular flexibility index (Phi) is 7.52. The van der Waals surface area contributed by atoms with Gasteiger partial charge in [0.05, 0.1) is 11.1 Å². The number of amides is 2. The maximum Gasteiger partial charge on any atom is 0.399 e. The van der Waals surface area contributed by atoms with Gasteiger partial charge in [0.2, 0.25) is 0 Å². The van der Waals surface area contributed by atoms with Crippen LogP contribution in [0, 0.1) is 20.8 Å². The summed E-state index contributed by atoms with van der Waals surface area (Å²) in [6.07, 6.45) is -4.55. The molecule has 0 aliphatic carbocycles. The fourth-order valence-electron chi connectivity index (χ4n) is 3.92. The minimum absolute atomic E-state index is 0.00842. The van der Waals surface area contributed by atoms with E-state index in [1.54, 1.807) is 19.9 Å². The summed E-state index contributed by atoms with van der Waals surface area (Å²) >= 11 is 0. The Hall–Kier alpha value is -4.14. The molecule has 3 aromatic carbocycles. The summed E-state index contributed by atoms with van der Waals surface area (Å²) in [4.78, 5) is 36.5. The number of nitrogens with one attached hydrogen (secondary N) is 2. The van der Waals surface area contributed by atoms with E-state index in [2.05, 4.69) is 10.6 Å². The number of carbonyl (C=O) groups is 3. The normalized spacial score (nSPS) is 12.1. The number of aromatic carboxylic acids is 1. The lowest BCUT2D eigenvalue weighted by Crippen LogP contribution is -2.23.